The van der Waals surface area contributed by atoms with Crippen LogP contribution in [-0.4, -0.2) is 17.3 Å². The number of aromatic nitrogens is 1. The lowest BCUT2D eigenvalue weighted by Gasteiger charge is -2.40. The van der Waals surface area contributed by atoms with Gasteiger partial charge in [0.2, 0.25) is 0 Å². The van der Waals surface area contributed by atoms with Crippen molar-refractivity contribution in [2.24, 2.45) is 5.41 Å². The molecule has 1 saturated carbocycles. The lowest BCUT2D eigenvalue weighted by molar-refractivity contribution is 0.0833. The molecule has 1 fully saturated rings. The van der Waals surface area contributed by atoms with Crippen molar-refractivity contribution < 1.29 is 4.74 Å². The van der Waals surface area contributed by atoms with Gasteiger partial charge in [-0.3, -0.25) is 0 Å². The number of thiol groups is 1. The molecule has 1 aliphatic rings. The number of hydrogen-bond donors (Lipinski definition) is 1. The molecule has 0 amide bonds. The van der Waals surface area contributed by atoms with Gasteiger partial charge in [-0.25, -0.2) is 4.98 Å². The van der Waals surface area contributed by atoms with Crippen LogP contribution >= 0.6 is 58.4 Å². The van der Waals surface area contributed by atoms with Gasteiger partial charge in [0.05, 0.1) is 15.2 Å². The average molecular weight is 454 g/mol. The molecule has 0 spiro atoms. The number of benzene rings is 1. The number of hydrogen-bond acceptors (Lipinski definition) is 3. The molecule has 0 saturated heterocycles. The van der Waals surface area contributed by atoms with Crippen LogP contribution in [0.5, 0.6) is 5.75 Å². The third kappa shape index (κ3) is 3.09. The summed E-state index contributed by atoms with van der Waals surface area (Å²) in [6.07, 6.45) is 3.60. The second-order valence-corrected chi connectivity index (χ2v) is 7.77. The second-order valence-electron chi connectivity index (χ2n) is 5.50. The zero-order chi connectivity index (χ0) is 15.0. The van der Waals surface area contributed by atoms with Crippen molar-refractivity contribution in [2.75, 3.05) is 12.4 Å². The minimum Gasteiger partial charge on any atom is -0.490 e. The molecule has 3 rings (SSSR count). The highest BCUT2D eigenvalue weighted by atomic mass is 127. The SMILES string of the molecule is SCC1(COc2c(I)cc(Cl)c3ccc(Cl)nc23)CCC1. The molecule has 1 aromatic heterocycles. The van der Waals surface area contributed by atoms with E-state index in [9.17, 15) is 0 Å². The molecule has 6 heteroatoms. The summed E-state index contributed by atoms with van der Waals surface area (Å²) < 4.78 is 7.07. The van der Waals surface area contributed by atoms with Crippen molar-refractivity contribution in [1.29, 1.82) is 0 Å². The van der Waals surface area contributed by atoms with Crippen LogP contribution in [0.25, 0.3) is 10.9 Å². The molecule has 112 valence electrons. The first-order valence-electron chi connectivity index (χ1n) is 6.73. The predicted octanol–water partition coefficient (Wildman–Crippen LogP) is 5.63. The van der Waals surface area contributed by atoms with Crippen LogP contribution < -0.4 is 4.74 Å². The topological polar surface area (TPSA) is 22.1 Å². The van der Waals surface area contributed by atoms with Gasteiger partial charge in [0, 0.05) is 10.8 Å². The zero-order valence-corrected chi connectivity index (χ0v) is 15.8. The number of halogens is 3. The van der Waals surface area contributed by atoms with Crippen LogP contribution in [0.15, 0.2) is 18.2 Å². The van der Waals surface area contributed by atoms with E-state index in [-0.39, 0.29) is 5.41 Å². The Morgan fingerprint density at radius 1 is 1.33 bits per heavy atom. The quantitative estimate of drug-likeness (QED) is 0.368. The van der Waals surface area contributed by atoms with Crippen LogP contribution in [0.4, 0.5) is 0 Å². The Morgan fingerprint density at radius 3 is 2.71 bits per heavy atom. The van der Waals surface area contributed by atoms with Gasteiger partial charge in [0.25, 0.3) is 0 Å². The first-order valence-corrected chi connectivity index (χ1v) is 9.19. The molecule has 0 aliphatic heterocycles. The lowest BCUT2D eigenvalue weighted by Crippen LogP contribution is -2.37. The van der Waals surface area contributed by atoms with Crippen LogP contribution in [-0.2, 0) is 0 Å². The standard InChI is InChI=1S/C15H14Cl2INOS/c16-10-6-11(18)14(13-9(10)2-3-12(17)19-13)20-7-15(8-21)4-1-5-15/h2-3,6,21H,1,4-5,7-8H2. The fourth-order valence-electron chi connectivity index (χ4n) is 2.56. The number of fused-ring (bicyclic) bond motifs is 1. The van der Waals surface area contributed by atoms with E-state index in [1.54, 1.807) is 6.07 Å². The van der Waals surface area contributed by atoms with E-state index < -0.39 is 0 Å². The normalized spacial score (nSPS) is 16.8. The fourth-order valence-corrected chi connectivity index (χ4v) is 4.28. The van der Waals surface area contributed by atoms with Gasteiger partial charge >= 0.3 is 0 Å². The Kier molecular flexibility index (Phi) is 4.79. The van der Waals surface area contributed by atoms with E-state index in [0.29, 0.717) is 16.8 Å². The molecular formula is C15H14Cl2INOS. The number of pyridine rings is 1. The molecule has 21 heavy (non-hydrogen) atoms. The summed E-state index contributed by atoms with van der Waals surface area (Å²) in [5.74, 6) is 1.62. The highest BCUT2D eigenvalue weighted by Crippen LogP contribution is 2.43. The number of rotatable bonds is 4. The van der Waals surface area contributed by atoms with Gasteiger partial charge in [-0.1, -0.05) is 29.6 Å². The maximum Gasteiger partial charge on any atom is 0.159 e. The molecule has 0 N–H and O–H groups in total. The smallest absolute Gasteiger partial charge is 0.159 e. The Morgan fingerprint density at radius 2 is 2.10 bits per heavy atom. The Bertz CT molecular complexity index is 685. The van der Waals surface area contributed by atoms with E-state index in [1.165, 1.54) is 19.3 Å². The van der Waals surface area contributed by atoms with Crippen molar-refractivity contribution in [3.05, 3.63) is 31.9 Å². The molecule has 2 nitrogen and oxygen atoms in total. The van der Waals surface area contributed by atoms with Gasteiger partial charge < -0.3 is 4.74 Å². The summed E-state index contributed by atoms with van der Waals surface area (Å²) in [4.78, 5) is 4.40. The van der Waals surface area contributed by atoms with Crippen molar-refractivity contribution in [3.8, 4) is 5.75 Å². The van der Waals surface area contributed by atoms with Crippen molar-refractivity contribution >= 4 is 69.3 Å². The van der Waals surface area contributed by atoms with Gasteiger partial charge in [-0.2, -0.15) is 12.6 Å². The molecule has 1 aromatic carbocycles. The highest BCUT2D eigenvalue weighted by Gasteiger charge is 2.36. The first kappa shape index (κ1) is 16.0. The molecule has 2 aromatic rings. The van der Waals surface area contributed by atoms with Crippen LogP contribution in [0.2, 0.25) is 10.2 Å². The predicted molar refractivity (Wildman–Crippen MR) is 100 cm³/mol. The minimum absolute atomic E-state index is 0.205. The summed E-state index contributed by atoms with van der Waals surface area (Å²) >= 11 is 19.0. The highest BCUT2D eigenvalue weighted by molar-refractivity contribution is 14.1. The van der Waals surface area contributed by atoms with Gasteiger partial charge in [-0.05, 0) is 59.4 Å². The van der Waals surface area contributed by atoms with Gasteiger partial charge in [0.1, 0.15) is 10.7 Å². The van der Waals surface area contributed by atoms with Gasteiger partial charge in [0.15, 0.2) is 5.75 Å². The molecule has 0 unspecified atom stereocenters. The summed E-state index contributed by atoms with van der Waals surface area (Å²) in [7, 11) is 0. The number of nitrogens with zero attached hydrogens (tertiary/aromatic N) is 1. The second kappa shape index (κ2) is 6.30. The molecule has 1 aliphatic carbocycles. The van der Waals surface area contributed by atoms with E-state index in [0.717, 1.165) is 26.0 Å². The van der Waals surface area contributed by atoms with Gasteiger partial charge in [-0.15, -0.1) is 0 Å². The van der Waals surface area contributed by atoms with E-state index >= 15 is 0 Å². The lowest BCUT2D eigenvalue weighted by atomic mass is 9.71. The Balaban J connectivity index is 1.99. The molecular weight excluding hydrogens is 440 g/mol. The van der Waals surface area contributed by atoms with Crippen LogP contribution in [0.3, 0.4) is 0 Å². The van der Waals surface area contributed by atoms with Crippen LogP contribution in [0.1, 0.15) is 19.3 Å². The van der Waals surface area contributed by atoms with E-state index in [2.05, 4.69) is 40.2 Å². The maximum absolute atomic E-state index is 6.29. The van der Waals surface area contributed by atoms with E-state index in [4.69, 9.17) is 27.9 Å². The summed E-state index contributed by atoms with van der Waals surface area (Å²) in [5, 5.41) is 1.97. The Labute approximate surface area is 153 Å². The van der Waals surface area contributed by atoms with Crippen molar-refractivity contribution in [2.45, 2.75) is 19.3 Å². The minimum atomic E-state index is 0.205. The molecule has 0 bridgehead atoms. The van der Waals surface area contributed by atoms with E-state index in [1.807, 2.05) is 12.1 Å². The van der Waals surface area contributed by atoms with Crippen molar-refractivity contribution in [1.82, 2.24) is 4.98 Å². The number of ether oxygens (including phenoxy) is 1. The average Bonchev–Trinajstić information content (AvgIpc) is 2.40. The maximum atomic E-state index is 6.29. The Hall–Kier alpha value is 0.0900. The summed E-state index contributed by atoms with van der Waals surface area (Å²) in [6, 6.07) is 5.53. The third-order valence-electron chi connectivity index (χ3n) is 4.08. The third-order valence-corrected chi connectivity index (χ3v) is 6.07. The van der Waals surface area contributed by atoms with Crippen molar-refractivity contribution in [3.63, 3.8) is 0 Å². The monoisotopic (exact) mass is 453 g/mol. The molecule has 0 atom stereocenters. The first-order chi connectivity index (χ1) is 10.0. The molecule has 1 heterocycles. The summed E-state index contributed by atoms with van der Waals surface area (Å²) in [5.41, 5.74) is 0.935. The molecule has 0 radical (unpaired) electrons. The van der Waals surface area contributed by atoms with Crippen LogP contribution in [0, 0.1) is 8.99 Å². The zero-order valence-electron chi connectivity index (χ0n) is 11.2. The summed E-state index contributed by atoms with van der Waals surface area (Å²) in [6.45, 7) is 0.664. The largest absolute Gasteiger partial charge is 0.490 e. The fraction of sp³-hybridized carbons (Fsp3) is 0.400.